The van der Waals surface area contributed by atoms with Crippen LogP contribution in [0.1, 0.15) is 253 Å². The molecule has 30 N–H and O–H groups in total. The van der Waals surface area contributed by atoms with Gasteiger partial charge < -0.3 is 221 Å². The van der Waals surface area contributed by atoms with Crippen LogP contribution in [0.15, 0.2) is 12.2 Å². The van der Waals surface area contributed by atoms with Gasteiger partial charge in [-0.15, -0.1) is 0 Å². The lowest BCUT2D eigenvalue weighted by Crippen LogP contribution is -2.72. The van der Waals surface area contributed by atoms with Crippen LogP contribution in [0.25, 0.3) is 0 Å². The molecule has 7 rings (SSSR count). The zero-order valence-corrected chi connectivity index (χ0v) is 85.7. The Morgan fingerprint density at radius 1 is 0.362 bits per heavy atom. The Hall–Kier alpha value is -5.94. The molecular weight excluding hydrogens is 1990 g/mol. The number of carboxylic acid groups (broad SMARTS) is 3. The van der Waals surface area contributed by atoms with E-state index in [0.29, 0.717) is 12.8 Å². The van der Waals surface area contributed by atoms with Crippen molar-refractivity contribution in [1.82, 2.24) is 26.6 Å². The van der Waals surface area contributed by atoms with E-state index in [2.05, 4.69) is 40.4 Å². The molecule has 5 amide bonds. The molecule has 0 radical (unpaired) electrons. The summed E-state index contributed by atoms with van der Waals surface area (Å²) in [5.41, 5.74) is 0. The molecule has 0 aromatic rings. The van der Waals surface area contributed by atoms with Gasteiger partial charge in [-0.1, -0.05) is 193 Å². The highest BCUT2D eigenvalue weighted by Gasteiger charge is 2.66. The van der Waals surface area contributed by atoms with Crippen molar-refractivity contribution in [2.45, 2.75) is 497 Å². The number of allylic oxidation sites excluding steroid dienone is 1. The zero-order valence-electron chi connectivity index (χ0n) is 85.7. The van der Waals surface area contributed by atoms with Gasteiger partial charge in [0.25, 0.3) is 17.4 Å². The summed E-state index contributed by atoms with van der Waals surface area (Å²) >= 11 is 0. The topological polar surface area (TPSA) is 832 Å². The summed E-state index contributed by atoms with van der Waals surface area (Å²) in [7, 11) is 0. The Labute approximate surface area is 865 Å². The van der Waals surface area contributed by atoms with E-state index in [-0.39, 0.29) is 12.3 Å². The highest BCUT2D eigenvalue weighted by atomic mass is 16.8. The molecule has 149 heavy (non-hydrogen) atoms. The van der Waals surface area contributed by atoms with Crippen molar-refractivity contribution in [3.05, 3.63) is 12.2 Å². The first-order valence-electron chi connectivity index (χ1n) is 52.4. The number of carbonyl (C=O) groups excluding carboxylic acids is 5. The van der Waals surface area contributed by atoms with E-state index in [0.717, 1.165) is 91.9 Å². The van der Waals surface area contributed by atoms with Crippen LogP contribution in [0.4, 0.5) is 0 Å². The number of aliphatic carboxylic acids is 3. The number of carbonyl (C=O) groups is 8. The third-order valence-corrected chi connectivity index (χ3v) is 28.1. The normalized spacial score (nSPS) is 35.2. The van der Waals surface area contributed by atoms with Crippen LogP contribution >= 0.6 is 0 Å². The maximum atomic E-state index is 14.0. The second-order valence-electron chi connectivity index (χ2n) is 39.9. The van der Waals surface area contributed by atoms with Gasteiger partial charge in [-0.05, 0) is 19.3 Å². The number of aliphatic hydroxyl groups excluding tert-OH is 22. The van der Waals surface area contributed by atoms with E-state index in [1.165, 1.54) is 115 Å². The molecule has 7 aliphatic heterocycles. The van der Waals surface area contributed by atoms with Crippen molar-refractivity contribution in [1.29, 1.82) is 0 Å². The lowest BCUT2D eigenvalue weighted by atomic mass is 9.86. The van der Waals surface area contributed by atoms with Crippen LogP contribution < -0.4 is 26.6 Å². The van der Waals surface area contributed by atoms with Gasteiger partial charge in [0.2, 0.25) is 29.5 Å². The molecule has 864 valence electrons. The Balaban J connectivity index is 1.06. The van der Waals surface area contributed by atoms with Crippen LogP contribution in [0.3, 0.4) is 0 Å². The van der Waals surface area contributed by atoms with Gasteiger partial charge in [0, 0.05) is 53.4 Å². The van der Waals surface area contributed by atoms with E-state index >= 15 is 0 Å². The highest BCUT2D eigenvalue weighted by molar-refractivity contribution is 5.79. The minimum Gasteiger partial charge on any atom is -0.477 e. The summed E-state index contributed by atoms with van der Waals surface area (Å²) in [4.78, 5) is 106. The molecule has 52 heteroatoms. The van der Waals surface area contributed by atoms with Gasteiger partial charge >= 0.3 is 17.9 Å². The Kier molecular flexibility index (Phi) is 56.4. The SMILES string of the molecule is CCCCCCCCCCCCC/C=C/[C@@H](O)[C@H](CO[C@@H]1OC(CO)[C@@H](O[C@@H]2OC(CO)[C@H](O)[C@H](O[C@@H]3OC(CO)[C@@H](O[C@@H]4OC(CO)[C@H](O)[C@H](O[C@]5(C(=O)O)CC(O)[C@@H](NC(C)=O)C([C@H](O)[C@@H](CO)O[C@]6(C(=O)O)CC(O)[C@@H](NC(C)=O)C([C@H](O)[C@@H](CO)O[C@]7(C(=O)O)CC(O)[C@@H](NC(C)=O)C([C@H](O)[C@H](O)CO)O7)O6)O5)C4O)[C@H](O)C3NC(C)=O)C2O)[C@H](O)C1O)NC(=O)CCCCCCCCCCCCCCCCCCC. The molecule has 0 bridgehead atoms. The molecule has 14 unspecified atom stereocenters. The first kappa shape index (κ1) is 130. The molecule has 0 aliphatic carbocycles. The first-order valence-corrected chi connectivity index (χ1v) is 52.4. The quantitative estimate of drug-likeness (QED) is 0.0199. The predicted molar refractivity (Wildman–Crippen MR) is 510 cm³/mol. The molecule has 52 nitrogen and oxygen atoms in total. The summed E-state index contributed by atoms with van der Waals surface area (Å²) in [6.45, 7) is -1.81. The summed E-state index contributed by atoms with van der Waals surface area (Å²) < 4.78 is 82.4. The van der Waals surface area contributed by atoms with Gasteiger partial charge in [0.1, 0.15) is 153 Å². The van der Waals surface area contributed by atoms with Crippen molar-refractivity contribution in [2.24, 2.45) is 0 Å². The summed E-state index contributed by atoms with van der Waals surface area (Å²) in [5, 5.41) is 297. The number of hydrogen-bond acceptors (Lipinski definition) is 44. The van der Waals surface area contributed by atoms with Crippen LogP contribution in [0.5, 0.6) is 0 Å². The Morgan fingerprint density at radius 2 is 0.698 bits per heavy atom. The van der Waals surface area contributed by atoms with Gasteiger partial charge in [-0.25, -0.2) is 14.4 Å². The third-order valence-electron chi connectivity index (χ3n) is 28.1. The number of rotatable bonds is 68. The average molecular weight is 2160 g/mol. The van der Waals surface area contributed by atoms with E-state index < -0.39 is 357 Å². The van der Waals surface area contributed by atoms with Gasteiger partial charge in [-0.2, -0.15) is 0 Å². The molecule has 7 aliphatic rings. The number of unbranched alkanes of at least 4 members (excludes halogenated alkanes) is 27. The number of hydrogen-bond donors (Lipinski definition) is 30. The summed E-state index contributed by atoms with van der Waals surface area (Å²) in [6, 6.07) is -9.21. The maximum Gasteiger partial charge on any atom is 0.364 e. The molecule has 7 heterocycles. The Bertz CT molecular complexity index is 3960. The fourth-order valence-corrected chi connectivity index (χ4v) is 19.9. The van der Waals surface area contributed by atoms with E-state index in [1.807, 2.05) is 6.08 Å². The standard InChI is InChI=1S/C97H169N5O47/c1-7-9-11-13-15-17-19-21-22-23-24-26-28-30-32-34-36-38-66(119)102-54(55(114)37-35-33-31-29-27-25-20-18-16-14-12-10-8-2)49-136-89-78(127)77(126)82(65(48-109)140-89)142-90-79(128)86(72(121)60(43-104)137-90)143-88-70(101-53(6)113)76(125)81(64(47-108)139-88)141-91-80(129)87(73(122)61(44-105)138-91)149-97(94(134)135)41-58(117)69(100-52(5)112)85(148-97)75(124)63(46-107)145-96(93(132)133)40-57(116)68(99-51(4)111)84(147-96)74(123)62(45-106)144-95(92(130)131)39-56(115)67(98-50(3)110)83(146-95)71(120)59(118)42-103/h35,37,54-65,67-91,103-109,114-118,120-129H,7-34,36,38-49H2,1-6H3,(H,98,110)(H,99,111)(H,100,112)(H,101,113)(H,102,119)(H,130,131)(H,132,133)(H,134,135)/b37-35+/t54-,55+,56?,57?,58?,59+,60?,61?,62+,63+,64?,65?,67+,68+,69+,70?,71+,72-,73-,74+,75+,76+,77+,78?,79?,80?,81+,82+,83?,84?,85?,86-,87-,88-,89+,90-,91-,95+,96+,97-/m0/s1. The Morgan fingerprint density at radius 3 is 1.08 bits per heavy atom. The van der Waals surface area contributed by atoms with Crippen molar-refractivity contribution >= 4 is 47.4 Å². The molecule has 0 aromatic heterocycles. The van der Waals surface area contributed by atoms with Crippen LogP contribution in [-0.2, 0) is 105 Å². The molecular formula is C97H169N5O47. The fourth-order valence-electron chi connectivity index (χ4n) is 19.9. The number of carboxylic acids is 3. The monoisotopic (exact) mass is 2160 g/mol. The van der Waals surface area contributed by atoms with Crippen LogP contribution in [-0.4, -0.2) is 472 Å². The summed E-state index contributed by atoms with van der Waals surface area (Å²) in [6.07, 6.45) is -40.5. The lowest BCUT2D eigenvalue weighted by Gasteiger charge is -2.52. The van der Waals surface area contributed by atoms with Crippen molar-refractivity contribution < 1.29 is 232 Å². The number of nitrogens with one attached hydrogen (secondary N) is 5. The van der Waals surface area contributed by atoms with Crippen LogP contribution in [0.2, 0.25) is 0 Å². The van der Waals surface area contributed by atoms with E-state index in [1.54, 1.807) is 0 Å². The number of ether oxygens (including phenoxy) is 14. The minimum atomic E-state index is -3.64. The maximum absolute atomic E-state index is 14.0. The third kappa shape index (κ3) is 37.1. The predicted octanol–water partition coefficient (Wildman–Crippen LogP) is -5.91. The molecule has 7 fully saturated rings. The fraction of sp³-hybridized carbons (Fsp3) is 0.897. The smallest absolute Gasteiger partial charge is 0.364 e. The second kappa shape index (κ2) is 64.7. The number of amides is 5. The molecule has 0 saturated carbocycles. The molecule has 7 saturated heterocycles. The van der Waals surface area contributed by atoms with E-state index in [9.17, 15) is 166 Å². The van der Waals surface area contributed by atoms with E-state index in [4.69, 9.17) is 66.3 Å². The van der Waals surface area contributed by atoms with Crippen molar-refractivity contribution in [3.8, 4) is 0 Å². The van der Waals surface area contributed by atoms with Gasteiger partial charge in [0.05, 0.1) is 101 Å². The molecule has 0 spiro atoms. The number of aliphatic hydroxyl groups is 22. The molecule has 40 atom stereocenters. The lowest BCUT2D eigenvalue weighted by molar-refractivity contribution is -0.391. The van der Waals surface area contributed by atoms with Crippen molar-refractivity contribution in [3.63, 3.8) is 0 Å². The average Bonchev–Trinajstić information content (AvgIpc) is 0.740. The van der Waals surface area contributed by atoms with Crippen LogP contribution in [0, 0.1) is 0 Å². The zero-order chi connectivity index (χ0) is 110. The highest BCUT2D eigenvalue weighted by Crippen LogP contribution is 2.44. The largest absolute Gasteiger partial charge is 0.477 e. The molecule has 0 aromatic carbocycles. The minimum absolute atomic E-state index is 0.127. The van der Waals surface area contributed by atoms with Crippen molar-refractivity contribution in [2.75, 3.05) is 52.9 Å². The van der Waals surface area contributed by atoms with Gasteiger partial charge in [-0.3, -0.25) is 24.0 Å². The first-order chi connectivity index (χ1) is 70.9. The second-order valence-corrected chi connectivity index (χ2v) is 39.9. The summed E-state index contributed by atoms with van der Waals surface area (Å²) in [5.74, 6) is -22.1. The van der Waals surface area contributed by atoms with Gasteiger partial charge in [0.15, 0.2) is 25.2 Å².